The molecule has 0 unspecified atom stereocenters. The second-order valence-corrected chi connectivity index (χ2v) is 6.35. The number of aromatic nitrogens is 1. The quantitative estimate of drug-likeness (QED) is 0.625. The molecule has 2 aromatic carbocycles. The summed E-state index contributed by atoms with van der Waals surface area (Å²) < 4.78 is 20.3. The zero-order chi connectivity index (χ0) is 19.4. The third kappa shape index (κ3) is 4.40. The summed E-state index contributed by atoms with van der Waals surface area (Å²) in [5.74, 6) is -1.13. The largest absolute Gasteiger partial charge is 0.453 e. The van der Waals surface area contributed by atoms with Crippen molar-refractivity contribution in [1.82, 2.24) is 10.3 Å². The molecule has 0 aliphatic carbocycles. The number of hydrogen-bond acceptors (Lipinski definition) is 3. The Bertz CT molecular complexity index is 1030. The number of nitriles is 1. The van der Waals surface area contributed by atoms with Crippen LogP contribution in [-0.2, 0) is 6.54 Å². The second kappa shape index (κ2) is 8.12. The Hall–Kier alpha value is -3.01. The first-order valence-corrected chi connectivity index (χ1v) is 8.50. The summed E-state index contributed by atoms with van der Waals surface area (Å²) in [5.41, 5.74) is 0.823. The van der Waals surface area contributed by atoms with Crippen molar-refractivity contribution in [2.24, 2.45) is 0 Å². The van der Waals surface area contributed by atoms with Crippen LogP contribution in [0, 0.1) is 17.1 Å². The molecule has 1 amide bonds. The number of amides is 1. The minimum atomic E-state index is -0.715. The van der Waals surface area contributed by atoms with Crippen LogP contribution in [0.1, 0.15) is 21.6 Å². The lowest BCUT2D eigenvalue weighted by Crippen LogP contribution is -2.23. The van der Waals surface area contributed by atoms with Gasteiger partial charge in [-0.3, -0.25) is 4.79 Å². The molecule has 8 heteroatoms. The highest BCUT2D eigenvalue weighted by atomic mass is 35.5. The van der Waals surface area contributed by atoms with E-state index in [-0.39, 0.29) is 45.1 Å². The molecule has 136 valence electrons. The van der Waals surface area contributed by atoms with Gasteiger partial charge in [0.05, 0.1) is 16.7 Å². The molecule has 0 aliphatic heterocycles. The molecule has 1 heterocycles. The zero-order valence-corrected chi connectivity index (χ0v) is 15.2. The van der Waals surface area contributed by atoms with Crippen LogP contribution in [-0.4, -0.2) is 10.9 Å². The molecule has 0 atom stereocenters. The lowest BCUT2D eigenvalue weighted by Gasteiger charge is -2.13. The number of rotatable bonds is 5. The van der Waals surface area contributed by atoms with Gasteiger partial charge in [0, 0.05) is 23.3 Å². The fourth-order valence-electron chi connectivity index (χ4n) is 2.35. The number of halogens is 3. The van der Waals surface area contributed by atoms with E-state index >= 15 is 0 Å². The lowest BCUT2D eigenvalue weighted by atomic mass is 10.2. The average Bonchev–Trinajstić information content (AvgIpc) is 3.18. The second-order valence-electron chi connectivity index (χ2n) is 5.51. The maximum atomic E-state index is 14.8. The molecule has 0 spiro atoms. The summed E-state index contributed by atoms with van der Waals surface area (Å²) in [6, 6.07) is 12.5. The number of nitrogens with one attached hydrogen (secondary N) is 2. The number of benzene rings is 2. The minimum absolute atomic E-state index is 0.0467. The summed E-state index contributed by atoms with van der Waals surface area (Å²) in [5, 5.41) is 11.9. The van der Waals surface area contributed by atoms with E-state index in [1.807, 2.05) is 6.07 Å². The van der Waals surface area contributed by atoms with Crippen molar-refractivity contribution in [1.29, 1.82) is 5.26 Å². The molecule has 1 aromatic heterocycles. The van der Waals surface area contributed by atoms with Crippen LogP contribution in [0.4, 0.5) is 4.39 Å². The molecule has 5 nitrogen and oxygen atoms in total. The molecule has 0 saturated heterocycles. The number of carbonyl (C=O) groups is 1. The van der Waals surface area contributed by atoms with Gasteiger partial charge in [0.2, 0.25) is 0 Å². The van der Waals surface area contributed by atoms with Gasteiger partial charge in [-0.1, -0.05) is 29.3 Å². The van der Waals surface area contributed by atoms with Crippen molar-refractivity contribution in [2.45, 2.75) is 6.54 Å². The van der Waals surface area contributed by atoms with Crippen LogP contribution < -0.4 is 10.1 Å². The predicted molar refractivity (Wildman–Crippen MR) is 99.6 cm³/mol. The van der Waals surface area contributed by atoms with Gasteiger partial charge < -0.3 is 15.0 Å². The van der Waals surface area contributed by atoms with Crippen molar-refractivity contribution in [3.63, 3.8) is 0 Å². The van der Waals surface area contributed by atoms with E-state index in [4.69, 9.17) is 33.2 Å². The van der Waals surface area contributed by atoms with Gasteiger partial charge in [0.1, 0.15) is 11.4 Å². The van der Waals surface area contributed by atoms with E-state index in [1.165, 1.54) is 30.3 Å². The molecule has 3 aromatic rings. The highest BCUT2D eigenvalue weighted by molar-refractivity contribution is 6.32. The van der Waals surface area contributed by atoms with Crippen LogP contribution >= 0.6 is 23.2 Å². The number of hydrogen-bond donors (Lipinski definition) is 2. The monoisotopic (exact) mass is 403 g/mol. The fourth-order valence-corrected chi connectivity index (χ4v) is 2.76. The molecule has 3 rings (SSSR count). The minimum Gasteiger partial charge on any atom is -0.453 e. The van der Waals surface area contributed by atoms with Gasteiger partial charge in [-0.15, -0.1) is 0 Å². The predicted octanol–water partition coefficient (Wildman–Crippen LogP) is 5.05. The highest BCUT2D eigenvalue weighted by Crippen LogP contribution is 2.35. The van der Waals surface area contributed by atoms with Crippen molar-refractivity contribution in [3.8, 4) is 17.6 Å². The van der Waals surface area contributed by atoms with Crippen LogP contribution in [0.3, 0.4) is 0 Å². The Morgan fingerprint density at radius 3 is 2.78 bits per heavy atom. The first-order valence-electron chi connectivity index (χ1n) is 7.75. The Kier molecular flexibility index (Phi) is 5.65. The molecule has 0 fully saturated rings. The van der Waals surface area contributed by atoms with Gasteiger partial charge in [-0.2, -0.15) is 5.26 Å². The Morgan fingerprint density at radius 2 is 2.07 bits per heavy atom. The molecule has 2 N–H and O–H groups in total. The van der Waals surface area contributed by atoms with E-state index in [1.54, 1.807) is 18.3 Å². The smallest absolute Gasteiger partial charge is 0.267 e. The maximum absolute atomic E-state index is 14.8. The summed E-state index contributed by atoms with van der Waals surface area (Å²) in [6.45, 7) is -0.0593. The van der Waals surface area contributed by atoms with Crippen LogP contribution in [0.2, 0.25) is 10.0 Å². The van der Waals surface area contributed by atoms with E-state index in [9.17, 15) is 9.18 Å². The van der Waals surface area contributed by atoms with E-state index in [0.717, 1.165) is 0 Å². The molecular weight excluding hydrogens is 392 g/mol. The van der Waals surface area contributed by atoms with Crippen LogP contribution in [0.25, 0.3) is 0 Å². The first kappa shape index (κ1) is 18.8. The Labute approximate surface area is 164 Å². The number of carbonyl (C=O) groups excluding carboxylic acids is 1. The average molecular weight is 404 g/mol. The summed E-state index contributed by atoms with van der Waals surface area (Å²) in [4.78, 5) is 14.7. The molecule has 0 radical (unpaired) electrons. The SMILES string of the molecule is N#Cc1cc(Cl)cc(Oc2c(Cl)ccc(CNC(=O)c3ccc[nH]3)c2F)c1. The third-order valence-electron chi connectivity index (χ3n) is 3.63. The van der Waals surface area contributed by atoms with Crippen LogP contribution in [0.5, 0.6) is 11.5 Å². The Balaban J connectivity index is 1.82. The molecule has 0 saturated carbocycles. The number of aromatic amines is 1. The van der Waals surface area contributed by atoms with Gasteiger partial charge in [-0.05, 0) is 36.4 Å². The van der Waals surface area contributed by atoms with Gasteiger partial charge >= 0.3 is 0 Å². The maximum Gasteiger partial charge on any atom is 0.267 e. The number of nitrogens with zero attached hydrogens (tertiary/aromatic N) is 1. The zero-order valence-electron chi connectivity index (χ0n) is 13.7. The van der Waals surface area contributed by atoms with Crippen molar-refractivity contribution >= 4 is 29.1 Å². The molecule has 27 heavy (non-hydrogen) atoms. The van der Waals surface area contributed by atoms with Crippen molar-refractivity contribution < 1.29 is 13.9 Å². The van der Waals surface area contributed by atoms with E-state index in [0.29, 0.717) is 5.69 Å². The molecular formula is C19H12Cl2FN3O2. The van der Waals surface area contributed by atoms with Crippen molar-refractivity contribution in [3.05, 3.63) is 81.3 Å². The summed E-state index contributed by atoms with van der Waals surface area (Å²) in [7, 11) is 0. The number of H-pyrrole nitrogens is 1. The normalized spacial score (nSPS) is 10.3. The summed E-state index contributed by atoms with van der Waals surface area (Å²) in [6.07, 6.45) is 1.62. The topological polar surface area (TPSA) is 77.9 Å². The van der Waals surface area contributed by atoms with Crippen molar-refractivity contribution in [2.75, 3.05) is 0 Å². The molecule has 0 aliphatic rings. The third-order valence-corrected chi connectivity index (χ3v) is 4.15. The Morgan fingerprint density at radius 1 is 1.26 bits per heavy atom. The lowest BCUT2D eigenvalue weighted by molar-refractivity contribution is 0.0946. The first-order chi connectivity index (χ1) is 13.0. The van der Waals surface area contributed by atoms with Crippen LogP contribution in [0.15, 0.2) is 48.7 Å². The summed E-state index contributed by atoms with van der Waals surface area (Å²) >= 11 is 12.0. The standard InChI is InChI=1S/C19H12Cl2FN3O2/c20-13-6-11(9-23)7-14(8-13)27-18-15(21)4-3-12(17(18)22)10-25-19(26)16-2-1-5-24-16/h1-8,24H,10H2,(H,25,26). The highest BCUT2D eigenvalue weighted by Gasteiger charge is 2.16. The van der Waals surface area contributed by atoms with Gasteiger partial charge in [-0.25, -0.2) is 4.39 Å². The van der Waals surface area contributed by atoms with Gasteiger partial charge in [0.15, 0.2) is 11.6 Å². The number of ether oxygens (including phenoxy) is 1. The van der Waals surface area contributed by atoms with E-state index in [2.05, 4.69) is 10.3 Å². The molecule has 0 bridgehead atoms. The fraction of sp³-hybridized carbons (Fsp3) is 0.0526. The van der Waals surface area contributed by atoms with Gasteiger partial charge in [0.25, 0.3) is 5.91 Å². The van der Waals surface area contributed by atoms with E-state index < -0.39 is 5.82 Å².